The van der Waals surface area contributed by atoms with Crippen molar-refractivity contribution in [3.05, 3.63) is 18.0 Å². The standard InChI is InChI=1S/C15H24N4O7/c1-23-7-10(24-2)12(25-3)13-11(18-4-5-20)8(19-15(16)17)6-9(26-13)14(21)22/h4,6,8,10-13,18H,7H2,1-3H3,(H,21,22)(H4,16,17,19)/t8?,10?,11?,12?,13-/m1/s1. The maximum atomic E-state index is 11.4. The van der Waals surface area contributed by atoms with Crippen LogP contribution in [0.1, 0.15) is 0 Å². The Kier molecular flexibility index (Phi) is 8.59. The van der Waals surface area contributed by atoms with Crippen LogP contribution < -0.4 is 16.8 Å². The van der Waals surface area contributed by atoms with Crippen molar-refractivity contribution in [2.45, 2.75) is 30.4 Å². The van der Waals surface area contributed by atoms with E-state index in [1.54, 1.807) is 5.94 Å². The lowest BCUT2D eigenvalue weighted by Gasteiger charge is -2.40. The zero-order valence-electron chi connectivity index (χ0n) is 14.7. The summed E-state index contributed by atoms with van der Waals surface area (Å²) < 4.78 is 21.5. The molecule has 0 radical (unpaired) electrons. The Bertz CT molecular complexity index is 585. The van der Waals surface area contributed by atoms with Gasteiger partial charge in [-0.25, -0.2) is 14.6 Å². The summed E-state index contributed by atoms with van der Waals surface area (Å²) in [5.74, 6) is -0.329. The van der Waals surface area contributed by atoms with Gasteiger partial charge in [-0.3, -0.25) is 0 Å². The van der Waals surface area contributed by atoms with Crippen molar-refractivity contribution in [3.8, 4) is 0 Å². The molecule has 1 aliphatic heterocycles. The number of carboxylic acid groups (broad SMARTS) is 1. The Labute approximate surface area is 150 Å². The lowest BCUT2D eigenvalue weighted by molar-refractivity contribution is -0.151. The highest BCUT2D eigenvalue weighted by molar-refractivity contribution is 5.85. The van der Waals surface area contributed by atoms with Crippen LogP contribution in [0, 0.1) is 0 Å². The topological polar surface area (TPSA) is 168 Å². The predicted molar refractivity (Wildman–Crippen MR) is 90.8 cm³/mol. The van der Waals surface area contributed by atoms with Gasteiger partial charge in [-0.15, -0.1) is 0 Å². The van der Waals surface area contributed by atoms with Crippen molar-refractivity contribution in [3.63, 3.8) is 0 Å². The molecule has 0 aromatic carbocycles. The van der Waals surface area contributed by atoms with E-state index < -0.39 is 36.4 Å². The molecule has 0 aromatic rings. The lowest BCUT2D eigenvalue weighted by Crippen LogP contribution is -2.58. The highest BCUT2D eigenvalue weighted by atomic mass is 16.6. The molecule has 26 heavy (non-hydrogen) atoms. The molecule has 0 saturated heterocycles. The Morgan fingerprint density at radius 3 is 2.62 bits per heavy atom. The largest absolute Gasteiger partial charge is 0.478 e. The first kappa shape index (κ1) is 21.5. The van der Waals surface area contributed by atoms with Gasteiger partial charge < -0.3 is 40.8 Å². The first-order valence-electron chi connectivity index (χ1n) is 7.60. The third kappa shape index (κ3) is 5.46. The van der Waals surface area contributed by atoms with Crippen molar-refractivity contribution in [1.29, 1.82) is 0 Å². The van der Waals surface area contributed by atoms with Gasteiger partial charge in [0, 0.05) is 21.3 Å². The van der Waals surface area contributed by atoms with Crippen LogP contribution in [-0.2, 0) is 28.5 Å². The maximum absolute atomic E-state index is 11.4. The zero-order valence-corrected chi connectivity index (χ0v) is 14.7. The second-order valence-electron chi connectivity index (χ2n) is 5.35. The summed E-state index contributed by atoms with van der Waals surface area (Å²) in [6, 6.07) is -1.58. The van der Waals surface area contributed by atoms with Gasteiger partial charge >= 0.3 is 5.97 Å². The molecule has 0 aromatic heterocycles. The minimum Gasteiger partial charge on any atom is -0.478 e. The van der Waals surface area contributed by atoms with E-state index in [4.69, 9.17) is 30.4 Å². The number of nitrogens with zero attached hydrogens (tertiary/aromatic N) is 1. The fraction of sp³-hybridized carbons (Fsp3) is 0.600. The number of hydrogen-bond acceptors (Lipinski definition) is 8. The molecule has 0 saturated carbocycles. The van der Waals surface area contributed by atoms with Gasteiger partial charge in [0.2, 0.25) is 5.76 Å². The third-order valence-electron chi connectivity index (χ3n) is 3.75. The van der Waals surface area contributed by atoms with Gasteiger partial charge in [-0.1, -0.05) is 0 Å². The summed E-state index contributed by atoms with van der Waals surface area (Å²) in [5.41, 5.74) is 10.9. The highest BCUT2D eigenvalue weighted by Gasteiger charge is 2.44. The molecule has 6 N–H and O–H groups in total. The molecular formula is C15H24N4O7. The molecular weight excluding hydrogens is 348 g/mol. The van der Waals surface area contributed by atoms with Crippen LogP contribution in [0.25, 0.3) is 0 Å². The molecule has 0 amide bonds. The number of methoxy groups -OCH3 is 3. The van der Waals surface area contributed by atoms with Gasteiger partial charge in [0.05, 0.1) is 24.9 Å². The van der Waals surface area contributed by atoms with Crippen molar-refractivity contribution in [2.24, 2.45) is 16.5 Å². The summed E-state index contributed by atoms with van der Waals surface area (Å²) in [5, 5.41) is 12.1. The molecule has 0 aliphatic carbocycles. The SMILES string of the molecule is COCC(OC)C(OC)[C@@H]1OC(C(=O)O)=CC(N=C(N)N)C1NC=C=O. The van der Waals surface area contributed by atoms with Crippen LogP contribution in [0.5, 0.6) is 0 Å². The Morgan fingerprint density at radius 2 is 2.15 bits per heavy atom. The minimum absolute atomic E-state index is 0.157. The number of carbonyl (C=O) groups is 1. The second-order valence-corrected chi connectivity index (χ2v) is 5.35. The average Bonchev–Trinajstić information content (AvgIpc) is 2.59. The number of aliphatic carboxylic acids is 1. The molecule has 11 nitrogen and oxygen atoms in total. The number of carbonyl (C=O) groups excluding carboxylic acids is 1. The maximum Gasteiger partial charge on any atom is 0.370 e. The van der Waals surface area contributed by atoms with Crippen LogP contribution in [0.4, 0.5) is 0 Å². The second kappa shape index (κ2) is 10.4. The van der Waals surface area contributed by atoms with Gasteiger partial charge in [0.25, 0.3) is 0 Å². The molecule has 146 valence electrons. The minimum atomic E-state index is -1.30. The van der Waals surface area contributed by atoms with E-state index in [9.17, 15) is 14.7 Å². The fourth-order valence-electron chi connectivity index (χ4n) is 2.68. The summed E-state index contributed by atoms with van der Waals surface area (Å²) in [7, 11) is 4.35. The quantitative estimate of drug-likeness (QED) is 0.191. The first-order chi connectivity index (χ1) is 12.4. The van der Waals surface area contributed by atoms with E-state index in [2.05, 4.69) is 10.3 Å². The molecule has 0 fully saturated rings. The van der Waals surface area contributed by atoms with Crippen LogP contribution in [-0.4, -0.2) is 81.3 Å². The van der Waals surface area contributed by atoms with Crippen LogP contribution in [0.2, 0.25) is 0 Å². The first-order valence-corrected chi connectivity index (χ1v) is 7.60. The van der Waals surface area contributed by atoms with E-state index in [1.807, 2.05) is 0 Å². The molecule has 5 atom stereocenters. The Hall–Kier alpha value is -2.59. The van der Waals surface area contributed by atoms with Crippen molar-refractivity contribution >= 4 is 17.9 Å². The predicted octanol–water partition coefficient (Wildman–Crippen LogP) is -2.02. The van der Waals surface area contributed by atoms with E-state index in [0.717, 1.165) is 6.20 Å². The number of carboxylic acids is 1. The van der Waals surface area contributed by atoms with Crippen LogP contribution in [0.3, 0.4) is 0 Å². The van der Waals surface area contributed by atoms with E-state index in [-0.39, 0.29) is 18.3 Å². The molecule has 1 rings (SSSR count). The van der Waals surface area contributed by atoms with E-state index >= 15 is 0 Å². The zero-order chi connectivity index (χ0) is 19.7. The summed E-state index contributed by atoms with van der Waals surface area (Å²) >= 11 is 0. The van der Waals surface area contributed by atoms with Gasteiger partial charge in [0.1, 0.15) is 18.1 Å². The summed E-state index contributed by atoms with van der Waals surface area (Å²) in [4.78, 5) is 26.1. The Morgan fingerprint density at radius 1 is 1.46 bits per heavy atom. The number of guanidine groups is 1. The summed E-state index contributed by atoms with van der Waals surface area (Å²) in [6.07, 6.45) is -0.0286. The molecule has 1 aliphatic rings. The highest BCUT2D eigenvalue weighted by Crippen LogP contribution is 2.26. The molecule has 4 unspecified atom stereocenters. The van der Waals surface area contributed by atoms with Crippen molar-refractivity contribution < 1.29 is 33.6 Å². The Balaban J connectivity index is 3.37. The average molecular weight is 372 g/mol. The number of aliphatic imine (C=N–C) groups is 1. The lowest BCUT2D eigenvalue weighted by atomic mass is 9.92. The van der Waals surface area contributed by atoms with Gasteiger partial charge in [0.15, 0.2) is 12.1 Å². The fourth-order valence-corrected chi connectivity index (χ4v) is 2.68. The molecule has 11 heteroatoms. The number of nitrogens with two attached hydrogens (primary N) is 2. The normalized spacial score (nSPS) is 24.3. The van der Waals surface area contributed by atoms with Crippen molar-refractivity contribution in [2.75, 3.05) is 27.9 Å². The van der Waals surface area contributed by atoms with Crippen LogP contribution in [0.15, 0.2) is 23.0 Å². The molecule has 0 bridgehead atoms. The van der Waals surface area contributed by atoms with Crippen LogP contribution >= 0.6 is 0 Å². The number of nitrogens with one attached hydrogen (secondary N) is 1. The van der Waals surface area contributed by atoms with Crippen molar-refractivity contribution in [1.82, 2.24) is 5.32 Å². The van der Waals surface area contributed by atoms with E-state index in [1.165, 1.54) is 27.4 Å². The number of hydrogen-bond donors (Lipinski definition) is 4. The summed E-state index contributed by atoms with van der Waals surface area (Å²) in [6.45, 7) is 0.157. The van der Waals surface area contributed by atoms with E-state index in [0.29, 0.717) is 0 Å². The number of rotatable bonds is 10. The number of ether oxygens (including phenoxy) is 4. The molecule has 1 heterocycles. The van der Waals surface area contributed by atoms with Gasteiger partial charge in [-0.05, 0) is 6.08 Å². The monoisotopic (exact) mass is 372 g/mol. The van der Waals surface area contributed by atoms with Gasteiger partial charge in [-0.2, -0.15) is 0 Å². The third-order valence-corrected chi connectivity index (χ3v) is 3.75. The smallest absolute Gasteiger partial charge is 0.370 e. The molecule has 0 spiro atoms.